The molecular weight excluding hydrogens is 196 g/mol. The Balaban J connectivity index is 1.73. The minimum Gasteiger partial charge on any atom is -0.311 e. The van der Waals surface area contributed by atoms with Crippen molar-refractivity contribution in [3.05, 3.63) is 30.1 Å². The first kappa shape index (κ1) is 9.94. The molecule has 1 N–H and O–H groups in total. The van der Waals surface area contributed by atoms with E-state index < -0.39 is 0 Å². The maximum Gasteiger partial charge on any atom is 0.0541 e. The van der Waals surface area contributed by atoms with Crippen LogP contribution in [0.3, 0.4) is 0 Å². The zero-order valence-electron chi connectivity index (χ0n) is 8.17. The molecule has 1 aliphatic rings. The summed E-state index contributed by atoms with van der Waals surface area (Å²) in [4.78, 5) is 4.25. The number of hydrogen-bond acceptors (Lipinski definition) is 2. The van der Waals surface area contributed by atoms with Gasteiger partial charge in [-0.3, -0.25) is 4.98 Å². The van der Waals surface area contributed by atoms with Gasteiger partial charge in [0.25, 0.3) is 0 Å². The van der Waals surface area contributed by atoms with Gasteiger partial charge in [0.2, 0.25) is 0 Å². The van der Waals surface area contributed by atoms with E-state index in [-0.39, 0.29) is 0 Å². The van der Waals surface area contributed by atoms with Gasteiger partial charge in [0.05, 0.1) is 5.69 Å². The molecule has 14 heavy (non-hydrogen) atoms. The van der Waals surface area contributed by atoms with Crippen molar-refractivity contribution in [1.82, 2.24) is 10.3 Å². The third-order valence-electron chi connectivity index (χ3n) is 2.77. The van der Waals surface area contributed by atoms with Crippen LogP contribution in [0.5, 0.6) is 0 Å². The summed E-state index contributed by atoms with van der Waals surface area (Å²) in [7, 11) is 0. The molecule has 1 aromatic heterocycles. The Hall–Kier alpha value is -0.600. The zero-order valence-corrected chi connectivity index (χ0v) is 8.93. The fourth-order valence-corrected chi connectivity index (χ4v) is 1.85. The third-order valence-corrected chi connectivity index (χ3v) is 3.34. The molecule has 0 saturated heterocycles. The number of hydrogen-bond donors (Lipinski definition) is 1. The molecule has 0 bridgehead atoms. The van der Waals surface area contributed by atoms with Gasteiger partial charge in [-0.2, -0.15) is 0 Å². The van der Waals surface area contributed by atoms with E-state index in [1.54, 1.807) is 0 Å². The topological polar surface area (TPSA) is 24.9 Å². The highest BCUT2D eigenvalue weighted by Crippen LogP contribution is 2.45. The fourth-order valence-electron chi connectivity index (χ4n) is 1.49. The number of alkyl halides is 1. The van der Waals surface area contributed by atoms with Gasteiger partial charge in [0, 0.05) is 25.2 Å². The van der Waals surface area contributed by atoms with Gasteiger partial charge in [-0.1, -0.05) is 6.07 Å². The summed E-state index contributed by atoms with van der Waals surface area (Å²) in [5.74, 6) is 0.780. The SMILES string of the molecule is ClCC1(CNCc2ccccn2)CC1. The van der Waals surface area contributed by atoms with Gasteiger partial charge in [-0.05, 0) is 30.4 Å². The summed E-state index contributed by atoms with van der Waals surface area (Å²) in [5, 5.41) is 3.41. The summed E-state index contributed by atoms with van der Waals surface area (Å²) < 4.78 is 0. The van der Waals surface area contributed by atoms with Crippen molar-refractivity contribution in [3.63, 3.8) is 0 Å². The standard InChI is InChI=1S/C11H15ClN2/c12-8-11(4-5-11)9-13-7-10-3-1-2-6-14-10/h1-3,6,13H,4-5,7-9H2. The van der Waals surface area contributed by atoms with E-state index in [4.69, 9.17) is 11.6 Å². The van der Waals surface area contributed by atoms with Gasteiger partial charge in [-0.25, -0.2) is 0 Å². The zero-order chi connectivity index (χ0) is 9.86. The maximum atomic E-state index is 5.88. The highest BCUT2D eigenvalue weighted by atomic mass is 35.5. The number of halogens is 1. The molecule has 0 amide bonds. The number of nitrogens with one attached hydrogen (secondary N) is 1. The van der Waals surface area contributed by atoms with E-state index in [0.29, 0.717) is 5.41 Å². The van der Waals surface area contributed by atoms with Gasteiger partial charge >= 0.3 is 0 Å². The van der Waals surface area contributed by atoms with E-state index >= 15 is 0 Å². The molecule has 3 heteroatoms. The Morgan fingerprint density at radius 3 is 2.86 bits per heavy atom. The Morgan fingerprint density at radius 1 is 1.43 bits per heavy atom. The van der Waals surface area contributed by atoms with Crippen LogP contribution < -0.4 is 5.32 Å². The van der Waals surface area contributed by atoms with Crippen LogP contribution in [0, 0.1) is 5.41 Å². The second-order valence-corrected chi connectivity index (χ2v) is 4.33. The lowest BCUT2D eigenvalue weighted by atomic mass is 10.1. The van der Waals surface area contributed by atoms with Crippen LogP contribution >= 0.6 is 11.6 Å². The van der Waals surface area contributed by atoms with Crippen molar-refractivity contribution in [1.29, 1.82) is 0 Å². The van der Waals surface area contributed by atoms with E-state index in [0.717, 1.165) is 24.7 Å². The second kappa shape index (κ2) is 4.28. The first-order valence-corrected chi connectivity index (χ1v) is 5.55. The molecule has 0 aromatic carbocycles. The lowest BCUT2D eigenvalue weighted by molar-refractivity contribution is 0.502. The molecule has 1 saturated carbocycles. The maximum absolute atomic E-state index is 5.88. The monoisotopic (exact) mass is 210 g/mol. The first-order valence-electron chi connectivity index (χ1n) is 5.01. The predicted octanol–water partition coefficient (Wildman–Crippen LogP) is 2.19. The summed E-state index contributed by atoms with van der Waals surface area (Å²) in [6, 6.07) is 5.98. The molecule has 76 valence electrons. The quantitative estimate of drug-likeness (QED) is 0.754. The molecule has 0 spiro atoms. The third kappa shape index (κ3) is 2.46. The predicted molar refractivity (Wildman–Crippen MR) is 58.3 cm³/mol. The van der Waals surface area contributed by atoms with E-state index in [2.05, 4.69) is 10.3 Å². The molecule has 1 aliphatic carbocycles. The lowest BCUT2D eigenvalue weighted by Crippen LogP contribution is -2.24. The smallest absolute Gasteiger partial charge is 0.0541 e. The summed E-state index contributed by atoms with van der Waals surface area (Å²) >= 11 is 5.88. The highest BCUT2D eigenvalue weighted by Gasteiger charge is 2.41. The van der Waals surface area contributed by atoms with Crippen LogP contribution in [-0.4, -0.2) is 17.4 Å². The van der Waals surface area contributed by atoms with Crippen molar-refractivity contribution in [2.75, 3.05) is 12.4 Å². The molecule has 2 rings (SSSR count). The van der Waals surface area contributed by atoms with Crippen LogP contribution in [0.2, 0.25) is 0 Å². The van der Waals surface area contributed by atoms with Crippen molar-refractivity contribution >= 4 is 11.6 Å². The molecule has 1 heterocycles. The normalized spacial score (nSPS) is 18.1. The Morgan fingerprint density at radius 2 is 2.29 bits per heavy atom. The fraction of sp³-hybridized carbons (Fsp3) is 0.545. The van der Waals surface area contributed by atoms with E-state index in [9.17, 15) is 0 Å². The molecule has 0 aliphatic heterocycles. The van der Waals surface area contributed by atoms with Crippen molar-refractivity contribution in [3.8, 4) is 0 Å². The van der Waals surface area contributed by atoms with Gasteiger partial charge in [-0.15, -0.1) is 11.6 Å². The van der Waals surface area contributed by atoms with E-state index in [1.807, 2.05) is 24.4 Å². The Labute approximate surface area is 89.7 Å². The van der Waals surface area contributed by atoms with E-state index in [1.165, 1.54) is 12.8 Å². The van der Waals surface area contributed by atoms with Crippen LogP contribution in [-0.2, 0) is 6.54 Å². The average molecular weight is 211 g/mol. The first-order chi connectivity index (χ1) is 6.85. The molecule has 0 atom stereocenters. The minimum atomic E-state index is 0.399. The molecule has 2 nitrogen and oxygen atoms in total. The molecule has 1 aromatic rings. The Bertz CT molecular complexity index is 283. The van der Waals surface area contributed by atoms with Gasteiger partial charge < -0.3 is 5.32 Å². The number of rotatable bonds is 5. The second-order valence-electron chi connectivity index (χ2n) is 4.06. The number of pyridine rings is 1. The van der Waals surface area contributed by atoms with Crippen molar-refractivity contribution in [2.24, 2.45) is 5.41 Å². The van der Waals surface area contributed by atoms with Crippen LogP contribution in [0.1, 0.15) is 18.5 Å². The summed E-state index contributed by atoms with van der Waals surface area (Å²) in [6.07, 6.45) is 4.36. The largest absolute Gasteiger partial charge is 0.311 e. The number of aromatic nitrogens is 1. The molecule has 0 unspecified atom stereocenters. The minimum absolute atomic E-state index is 0.399. The number of nitrogens with zero attached hydrogens (tertiary/aromatic N) is 1. The summed E-state index contributed by atoms with van der Waals surface area (Å²) in [5.41, 5.74) is 1.49. The molecule has 1 fully saturated rings. The van der Waals surface area contributed by atoms with Gasteiger partial charge in [0.15, 0.2) is 0 Å². The van der Waals surface area contributed by atoms with Crippen molar-refractivity contribution in [2.45, 2.75) is 19.4 Å². The van der Waals surface area contributed by atoms with Crippen molar-refractivity contribution < 1.29 is 0 Å². The summed E-state index contributed by atoms with van der Waals surface area (Å²) in [6.45, 7) is 1.87. The van der Waals surface area contributed by atoms with Crippen LogP contribution in [0.25, 0.3) is 0 Å². The van der Waals surface area contributed by atoms with Crippen LogP contribution in [0.15, 0.2) is 24.4 Å². The van der Waals surface area contributed by atoms with Crippen LogP contribution in [0.4, 0.5) is 0 Å². The molecule has 0 radical (unpaired) electrons. The Kier molecular flexibility index (Phi) is 3.04. The van der Waals surface area contributed by atoms with Gasteiger partial charge in [0.1, 0.15) is 0 Å². The average Bonchev–Trinajstić information content (AvgIpc) is 3.00. The molecular formula is C11H15ClN2. The highest BCUT2D eigenvalue weighted by molar-refractivity contribution is 6.18. The lowest BCUT2D eigenvalue weighted by Gasteiger charge is -2.11.